The third-order valence-electron chi connectivity index (χ3n) is 3.10. The maximum absolute atomic E-state index is 12.1. The van der Waals surface area contributed by atoms with E-state index in [9.17, 15) is 9.90 Å². The number of ether oxygens (including phenoxy) is 1. The van der Waals surface area contributed by atoms with Crippen molar-refractivity contribution in [3.63, 3.8) is 0 Å². The van der Waals surface area contributed by atoms with E-state index >= 15 is 0 Å². The molecule has 2 aromatic carbocycles. The minimum atomic E-state index is -0.696. The third-order valence-corrected chi connectivity index (χ3v) is 3.10. The Morgan fingerprint density at radius 1 is 1.29 bits per heavy atom. The van der Waals surface area contributed by atoms with Crippen molar-refractivity contribution in [1.82, 2.24) is 0 Å². The van der Waals surface area contributed by atoms with E-state index in [-0.39, 0.29) is 17.3 Å². The molecule has 4 N–H and O–H groups in total. The van der Waals surface area contributed by atoms with Crippen LogP contribution in [0.2, 0.25) is 0 Å². The molecular weight excluding hydrogens is 268 g/mol. The molecule has 0 bridgehead atoms. The van der Waals surface area contributed by atoms with Crippen molar-refractivity contribution in [3.05, 3.63) is 54.1 Å². The summed E-state index contributed by atoms with van der Waals surface area (Å²) in [5, 5.41) is 12.4. The highest BCUT2D eigenvalue weighted by atomic mass is 16.5. The van der Waals surface area contributed by atoms with Crippen LogP contribution in [0.1, 0.15) is 5.56 Å². The zero-order chi connectivity index (χ0) is 15.2. The number of carbonyl (C=O) groups excluding carboxylic acids is 1. The van der Waals surface area contributed by atoms with Crippen LogP contribution in [0.25, 0.3) is 0 Å². The van der Waals surface area contributed by atoms with Gasteiger partial charge >= 0.3 is 0 Å². The van der Waals surface area contributed by atoms with Crippen LogP contribution in [0.3, 0.4) is 0 Å². The zero-order valence-corrected chi connectivity index (χ0v) is 11.7. The van der Waals surface area contributed by atoms with Crippen LogP contribution in [0.4, 0.5) is 5.69 Å². The fourth-order valence-electron chi connectivity index (χ4n) is 1.93. The predicted molar refractivity (Wildman–Crippen MR) is 81.4 cm³/mol. The Balaban J connectivity index is 2.04. The summed E-state index contributed by atoms with van der Waals surface area (Å²) in [6, 6.07) is 13.4. The highest BCUT2D eigenvalue weighted by Crippen LogP contribution is 2.27. The first-order valence-corrected chi connectivity index (χ1v) is 6.57. The molecule has 0 saturated heterocycles. The highest BCUT2D eigenvalue weighted by Gasteiger charge is 2.16. The Hall–Kier alpha value is -2.53. The van der Waals surface area contributed by atoms with Gasteiger partial charge in [-0.25, -0.2) is 0 Å². The highest BCUT2D eigenvalue weighted by molar-refractivity contribution is 5.96. The number of rotatable bonds is 5. The van der Waals surface area contributed by atoms with Crippen molar-refractivity contribution in [2.75, 3.05) is 12.4 Å². The summed E-state index contributed by atoms with van der Waals surface area (Å²) in [5.74, 6) is 0.151. The molecule has 2 aromatic rings. The second-order valence-corrected chi connectivity index (χ2v) is 4.67. The van der Waals surface area contributed by atoms with Gasteiger partial charge in [-0.2, -0.15) is 0 Å². The van der Waals surface area contributed by atoms with Crippen molar-refractivity contribution < 1.29 is 14.6 Å². The van der Waals surface area contributed by atoms with E-state index in [1.807, 2.05) is 30.3 Å². The average Bonchev–Trinajstić information content (AvgIpc) is 2.50. The molecule has 110 valence electrons. The van der Waals surface area contributed by atoms with Crippen molar-refractivity contribution in [2.24, 2.45) is 5.73 Å². The van der Waals surface area contributed by atoms with Gasteiger partial charge in [-0.1, -0.05) is 30.3 Å². The number of carbonyl (C=O) groups is 1. The van der Waals surface area contributed by atoms with E-state index in [4.69, 9.17) is 10.5 Å². The smallest absolute Gasteiger partial charge is 0.241 e. The number of aromatic hydroxyl groups is 1. The first kappa shape index (κ1) is 14.9. The molecule has 0 unspecified atom stereocenters. The molecule has 1 atom stereocenters. The molecule has 0 saturated carbocycles. The maximum atomic E-state index is 12.1. The Morgan fingerprint density at radius 2 is 2.00 bits per heavy atom. The van der Waals surface area contributed by atoms with E-state index in [0.29, 0.717) is 12.2 Å². The molecule has 1 amide bonds. The number of benzene rings is 2. The van der Waals surface area contributed by atoms with Crippen molar-refractivity contribution >= 4 is 11.6 Å². The number of amides is 1. The molecule has 2 rings (SSSR count). The molecule has 5 nitrogen and oxygen atoms in total. The van der Waals surface area contributed by atoms with Crippen LogP contribution in [-0.2, 0) is 11.2 Å². The summed E-state index contributed by atoms with van der Waals surface area (Å²) >= 11 is 0. The molecule has 0 radical (unpaired) electrons. The van der Waals surface area contributed by atoms with Crippen molar-refractivity contribution in [3.8, 4) is 11.5 Å². The number of anilines is 1. The van der Waals surface area contributed by atoms with Crippen LogP contribution in [0.15, 0.2) is 48.5 Å². The SMILES string of the molecule is COc1ccc(O)c(NC(=O)[C@@H](N)Cc2ccccc2)c1. The Labute approximate surface area is 123 Å². The van der Waals surface area contributed by atoms with E-state index in [2.05, 4.69) is 5.32 Å². The van der Waals surface area contributed by atoms with Gasteiger partial charge in [-0.05, 0) is 24.1 Å². The third kappa shape index (κ3) is 3.97. The van der Waals surface area contributed by atoms with Gasteiger partial charge in [-0.15, -0.1) is 0 Å². The molecule has 0 spiro atoms. The number of hydrogen-bond donors (Lipinski definition) is 3. The van der Waals surface area contributed by atoms with Crippen LogP contribution in [0, 0.1) is 0 Å². The standard InChI is InChI=1S/C16H18N2O3/c1-21-12-7-8-15(19)14(10-12)18-16(20)13(17)9-11-5-3-2-4-6-11/h2-8,10,13,19H,9,17H2,1H3,(H,18,20)/t13-/m0/s1. The second kappa shape index (κ2) is 6.76. The first-order chi connectivity index (χ1) is 10.1. The number of nitrogens with one attached hydrogen (secondary N) is 1. The molecule has 21 heavy (non-hydrogen) atoms. The van der Waals surface area contributed by atoms with Crippen LogP contribution in [-0.4, -0.2) is 24.2 Å². The molecule has 5 heteroatoms. The van der Waals surface area contributed by atoms with Crippen molar-refractivity contribution in [1.29, 1.82) is 0 Å². The van der Waals surface area contributed by atoms with Crippen LogP contribution < -0.4 is 15.8 Å². The fraction of sp³-hybridized carbons (Fsp3) is 0.188. The lowest BCUT2D eigenvalue weighted by Gasteiger charge is -2.14. The predicted octanol–water partition coefficient (Wildman–Crippen LogP) is 1.91. The van der Waals surface area contributed by atoms with E-state index in [0.717, 1.165) is 5.56 Å². The number of hydrogen-bond acceptors (Lipinski definition) is 4. The van der Waals surface area contributed by atoms with Crippen LogP contribution in [0.5, 0.6) is 11.5 Å². The first-order valence-electron chi connectivity index (χ1n) is 6.57. The lowest BCUT2D eigenvalue weighted by Crippen LogP contribution is -2.37. The van der Waals surface area contributed by atoms with Gasteiger partial charge in [0.05, 0.1) is 18.8 Å². The second-order valence-electron chi connectivity index (χ2n) is 4.67. The largest absolute Gasteiger partial charge is 0.506 e. The van der Waals surface area contributed by atoms with Crippen molar-refractivity contribution in [2.45, 2.75) is 12.5 Å². The molecule has 0 fully saturated rings. The van der Waals surface area contributed by atoms with Gasteiger partial charge in [0, 0.05) is 6.07 Å². The number of nitrogens with two attached hydrogens (primary N) is 1. The Kier molecular flexibility index (Phi) is 4.79. The zero-order valence-electron chi connectivity index (χ0n) is 11.7. The average molecular weight is 286 g/mol. The van der Waals surface area contributed by atoms with E-state index < -0.39 is 6.04 Å². The molecule has 0 aliphatic carbocycles. The van der Waals surface area contributed by atoms with Gasteiger partial charge in [0.2, 0.25) is 5.91 Å². The normalized spacial score (nSPS) is 11.7. The number of methoxy groups -OCH3 is 1. The number of phenolic OH excluding ortho intramolecular Hbond substituents is 1. The lowest BCUT2D eigenvalue weighted by atomic mass is 10.1. The van der Waals surface area contributed by atoms with E-state index in [1.165, 1.54) is 13.2 Å². The summed E-state index contributed by atoms with van der Waals surface area (Å²) in [4.78, 5) is 12.1. The monoisotopic (exact) mass is 286 g/mol. The van der Waals surface area contributed by atoms with Gasteiger partial charge in [0.15, 0.2) is 0 Å². The molecule has 0 heterocycles. The number of phenols is 1. The molecular formula is C16H18N2O3. The summed E-state index contributed by atoms with van der Waals surface area (Å²) in [6.07, 6.45) is 0.428. The minimum absolute atomic E-state index is 0.0314. The molecule has 0 aliphatic heterocycles. The minimum Gasteiger partial charge on any atom is -0.506 e. The summed E-state index contributed by atoms with van der Waals surface area (Å²) < 4.78 is 5.05. The summed E-state index contributed by atoms with van der Waals surface area (Å²) in [6.45, 7) is 0. The lowest BCUT2D eigenvalue weighted by molar-refractivity contribution is -0.117. The fourth-order valence-corrected chi connectivity index (χ4v) is 1.93. The van der Waals surface area contributed by atoms with Gasteiger partial charge < -0.3 is 20.9 Å². The molecule has 0 aliphatic rings. The van der Waals surface area contributed by atoms with Gasteiger partial charge in [-0.3, -0.25) is 4.79 Å². The van der Waals surface area contributed by atoms with E-state index in [1.54, 1.807) is 12.1 Å². The maximum Gasteiger partial charge on any atom is 0.241 e. The Bertz CT molecular complexity index is 614. The van der Waals surface area contributed by atoms with Gasteiger partial charge in [0.25, 0.3) is 0 Å². The molecule has 0 aromatic heterocycles. The van der Waals surface area contributed by atoms with Crippen LogP contribution >= 0.6 is 0 Å². The quantitative estimate of drug-likeness (QED) is 0.733. The summed E-state index contributed by atoms with van der Waals surface area (Å²) in [7, 11) is 1.51. The summed E-state index contributed by atoms with van der Waals surface area (Å²) in [5.41, 5.74) is 7.15. The topological polar surface area (TPSA) is 84.6 Å². The Morgan fingerprint density at radius 3 is 2.67 bits per heavy atom. The van der Waals surface area contributed by atoms with Gasteiger partial charge in [0.1, 0.15) is 11.5 Å².